The number of esters is 1. The predicted octanol–water partition coefficient (Wildman–Crippen LogP) is 22.4. The van der Waals surface area contributed by atoms with Crippen LogP contribution in [0.25, 0.3) is 0 Å². The van der Waals surface area contributed by atoms with Crippen LogP contribution in [0.1, 0.15) is 367 Å². The van der Waals surface area contributed by atoms with Crippen LogP contribution in [-0.4, -0.2) is 69.4 Å². The lowest BCUT2D eigenvalue weighted by molar-refractivity contribution is -0.870. The van der Waals surface area contributed by atoms with Crippen LogP contribution < -0.4 is 10.2 Å². The van der Waals surface area contributed by atoms with E-state index in [-0.39, 0.29) is 31.5 Å². The molecule has 0 aliphatic rings. The average Bonchev–Trinajstić information content (AvgIpc) is 3.51. The Kier molecular flexibility index (Phi) is 61.9. The van der Waals surface area contributed by atoms with Gasteiger partial charge in [-0.25, -0.2) is 0 Å². The number of hydrogen-bond donors (Lipinski definition) is 1. The van der Waals surface area contributed by atoms with Gasteiger partial charge >= 0.3 is 5.97 Å². The van der Waals surface area contributed by atoms with Crippen molar-refractivity contribution in [1.29, 1.82) is 0 Å². The molecule has 1 amide bonds. The minimum atomic E-state index is -4.70. The molecule has 0 aliphatic heterocycles. The zero-order chi connectivity index (χ0) is 60.7. The molecule has 0 fully saturated rings. The fourth-order valence-corrected chi connectivity index (χ4v) is 11.7. The molecular formula is C73H141N2O7P. The van der Waals surface area contributed by atoms with E-state index in [0.29, 0.717) is 17.4 Å². The third-order valence-corrected chi connectivity index (χ3v) is 17.5. The smallest absolute Gasteiger partial charge is 0.306 e. The van der Waals surface area contributed by atoms with Crippen molar-refractivity contribution in [3.05, 3.63) is 36.5 Å². The van der Waals surface area contributed by atoms with Crippen molar-refractivity contribution in [2.75, 3.05) is 40.9 Å². The summed E-state index contributed by atoms with van der Waals surface area (Å²) in [6.45, 7) is 6.89. The van der Waals surface area contributed by atoms with E-state index in [9.17, 15) is 19.0 Å². The standard InChI is InChI=1S/C73H141N2O7P/c1-7-10-13-16-19-22-25-27-29-31-33-34-35-36-37-38-39-40-42-44-46-48-51-54-57-60-63-66-73(77)82-71(64-61-58-55-52-49-24-21-18-15-12-9-3)70(69-81-83(78,79)80-68-67-75(4,5)6)74-72(76)65-62-59-56-53-50-47-45-43-41-32-30-28-26-23-20-17-14-11-8-2/h27-30,61,64,70-71H,7-26,31-60,62-63,65-69H2,1-6H3,(H-,74,76,78,79)/b29-27+,30-28+,64-61-. The van der Waals surface area contributed by atoms with Gasteiger partial charge in [-0.05, 0) is 83.1 Å². The summed E-state index contributed by atoms with van der Waals surface area (Å²) in [6.07, 6.45) is 78.5. The lowest BCUT2D eigenvalue weighted by atomic mass is 10.0. The van der Waals surface area contributed by atoms with E-state index >= 15 is 0 Å². The van der Waals surface area contributed by atoms with Gasteiger partial charge in [0.05, 0.1) is 33.8 Å². The first kappa shape index (κ1) is 81.2. The second-order valence-electron chi connectivity index (χ2n) is 26.1. The van der Waals surface area contributed by atoms with Gasteiger partial charge in [-0.1, -0.05) is 308 Å². The number of allylic oxidation sites excluding steroid dienone is 5. The van der Waals surface area contributed by atoms with E-state index in [1.807, 2.05) is 33.3 Å². The summed E-state index contributed by atoms with van der Waals surface area (Å²) in [5.74, 6) is -0.525. The fraction of sp³-hybridized carbons (Fsp3) is 0.890. The van der Waals surface area contributed by atoms with Crippen LogP contribution in [0.3, 0.4) is 0 Å². The molecule has 0 aromatic carbocycles. The first-order chi connectivity index (χ1) is 40.4. The zero-order valence-electron chi connectivity index (χ0n) is 56.2. The number of rotatable bonds is 67. The van der Waals surface area contributed by atoms with Crippen molar-refractivity contribution >= 4 is 19.7 Å². The molecule has 1 N–H and O–H groups in total. The number of nitrogens with zero attached hydrogens (tertiary/aromatic N) is 1. The topological polar surface area (TPSA) is 114 Å². The number of phosphoric acid groups is 1. The molecule has 0 heterocycles. The van der Waals surface area contributed by atoms with Crippen molar-refractivity contribution in [2.24, 2.45) is 0 Å². The molecule has 9 nitrogen and oxygen atoms in total. The maximum atomic E-state index is 13.6. The van der Waals surface area contributed by atoms with Gasteiger partial charge in [0, 0.05) is 12.8 Å². The fourth-order valence-electron chi connectivity index (χ4n) is 10.9. The van der Waals surface area contributed by atoms with Crippen LogP contribution in [0.4, 0.5) is 0 Å². The molecule has 3 unspecified atom stereocenters. The van der Waals surface area contributed by atoms with E-state index < -0.39 is 20.0 Å². The Hall–Kier alpha value is -1.77. The summed E-state index contributed by atoms with van der Waals surface area (Å²) in [4.78, 5) is 40.1. The normalized spacial score (nSPS) is 13.7. The molecule has 0 bridgehead atoms. The predicted molar refractivity (Wildman–Crippen MR) is 358 cm³/mol. The quantitative estimate of drug-likeness (QED) is 0.0212. The van der Waals surface area contributed by atoms with Crippen LogP contribution in [0.2, 0.25) is 0 Å². The Morgan fingerprint density at radius 1 is 0.410 bits per heavy atom. The summed E-state index contributed by atoms with van der Waals surface area (Å²) in [5.41, 5.74) is 0. The monoisotopic (exact) mass is 1190 g/mol. The average molecular weight is 1190 g/mol. The summed E-state index contributed by atoms with van der Waals surface area (Å²) < 4.78 is 30.4. The van der Waals surface area contributed by atoms with E-state index in [2.05, 4.69) is 50.4 Å². The van der Waals surface area contributed by atoms with Crippen LogP contribution in [0.5, 0.6) is 0 Å². The van der Waals surface area contributed by atoms with Crippen LogP contribution >= 0.6 is 7.82 Å². The van der Waals surface area contributed by atoms with E-state index in [1.54, 1.807) is 0 Å². The largest absolute Gasteiger partial charge is 0.756 e. The number of carbonyl (C=O) groups is 2. The Bertz CT molecular complexity index is 1510. The molecule has 0 rings (SSSR count). The maximum absolute atomic E-state index is 13.6. The Labute approximate surface area is 516 Å². The lowest BCUT2D eigenvalue weighted by Gasteiger charge is -2.30. The Morgan fingerprint density at radius 3 is 1.02 bits per heavy atom. The summed E-state index contributed by atoms with van der Waals surface area (Å²) in [5, 5.41) is 3.04. The minimum Gasteiger partial charge on any atom is -0.756 e. The first-order valence-corrected chi connectivity index (χ1v) is 37.8. The summed E-state index contributed by atoms with van der Waals surface area (Å²) in [6, 6.07) is -0.886. The SMILES string of the molecule is CCCCCCCC/C=C/CCCCCCCCCCCCCCCCCCCC(=O)OC(/C=C\CCCCCCCCCCC)C(COP(=O)([O-])OCC[N+](C)(C)C)NC(=O)CCCCCCCCCCC/C=C/CCCCCCCC. The molecule has 10 heteroatoms. The van der Waals surface area contributed by atoms with E-state index in [1.165, 1.54) is 276 Å². The van der Waals surface area contributed by atoms with E-state index in [0.717, 1.165) is 57.8 Å². The number of unbranched alkanes of at least 4 members (excludes halogenated alkanes) is 47. The number of likely N-dealkylation sites (N-methyl/N-ethyl adjacent to an activating group) is 1. The third kappa shape index (κ3) is 64.5. The molecule has 0 radical (unpaired) electrons. The molecule has 490 valence electrons. The highest BCUT2D eigenvalue weighted by Gasteiger charge is 2.27. The molecule has 0 spiro atoms. The number of hydrogen-bond acceptors (Lipinski definition) is 7. The number of quaternary nitrogens is 1. The Balaban J connectivity index is 4.94. The molecule has 83 heavy (non-hydrogen) atoms. The minimum absolute atomic E-state index is 0.0200. The van der Waals surface area contributed by atoms with Gasteiger partial charge in [0.1, 0.15) is 19.3 Å². The van der Waals surface area contributed by atoms with Crippen molar-refractivity contribution in [3.8, 4) is 0 Å². The van der Waals surface area contributed by atoms with Gasteiger partial charge in [-0.3, -0.25) is 14.2 Å². The van der Waals surface area contributed by atoms with Crippen molar-refractivity contribution in [3.63, 3.8) is 0 Å². The molecular weight excluding hydrogens is 1050 g/mol. The van der Waals surface area contributed by atoms with Gasteiger partial charge in [-0.15, -0.1) is 0 Å². The third-order valence-electron chi connectivity index (χ3n) is 16.5. The number of amides is 1. The summed E-state index contributed by atoms with van der Waals surface area (Å²) >= 11 is 0. The molecule has 0 aromatic rings. The van der Waals surface area contributed by atoms with Gasteiger partial charge in [0.25, 0.3) is 7.82 Å². The van der Waals surface area contributed by atoms with Crippen LogP contribution in [-0.2, 0) is 27.9 Å². The summed E-state index contributed by atoms with van der Waals surface area (Å²) in [7, 11) is 1.20. The van der Waals surface area contributed by atoms with Crippen molar-refractivity contribution in [1.82, 2.24) is 5.32 Å². The first-order valence-electron chi connectivity index (χ1n) is 36.3. The van der Waals surface area contributed by atoms with E-state index in [4.69, 9.17) is 13.8 Å². The number of carbonyl (C=O) groups excluding carboxylic acids is 2. The maximum Gasteiger partial charge on any atom is 0.306 e. The lowest BCUT2D eigenvalue weighted by Crippen LogP contribution is -2.47. The van der Waals surface area contributed by atoms with Crippen molar-refractivity contribution < 1.29 is 37.3 Å². The van der Waals surface area contributed by atoms with Gasteiger partial charge in [-0.2, -0.15) is 0 Å². The zero-order valence-corrected chi connectivity index (χ0v) is 57.1. The molecule has 3 atom stereocenters. The van der Waals surface area contributed by atoms with Gasteiger partial charge < -0.3 is 28.5 Å². The van der Waals surface area contributed by atoms with Crippen LogP contribution in [0.15, 0.2) is 36.5 Å². The van der Waals surface area contributed by atoms with Gasteiger partial charge in [0.2, 0.25) is 5.91 Å². The van der Waals surface area contributed by atoms with Gasteiger partial charge in [0.15, 0.2) is 0 Å². The van der Waals surface area contributed by atoms with Crippen molar-refractivity contribution in [2.45, 2.75) is 380 Å². The van der Waals surface area contributed by atoms with Crippen LogP contribution in [0, 0.1) is 0 Å². The second kappa shape index (κ2) is 63.3. The second-order valence-corrected chi connectivity index (χ2v) is 27.5. The number of phosphoric ester groups is 1. The molecule has 0 saturated carbocycles. The Morgan fingerprint density at radius 2 is 0.699 bits per heavy atom. The highest BCUT2D eigenvalue weighted by Crippen LogP contribution is 2.38. The molecule has 0 aromatic heterocycles. The number of nitrogens with one attached hydrogen (secondary N) is 1. The highest BCUT2D eigenvalue weighted by atomic mass is 31.2. The number of ether oxygens (including phenoxy) is 1. The molecule has 0 aliphatic carbocycles. The highest BCUT2D eigenvalue weighted by molar-refractivity contribution is 7.45. The molecule has 0 saturated heterocycles.